The highest BCUT2D eigenvalue weighted by atomic mass is 16.5. The summed E-state index contributed by atoms with van der Waals surface area (Å²) in [5.74, 6) is 0.463. The van der Waals surface area contributed by atoms with E-state index in [0.29, 0.717) is 17.1 Å². The summed E-state index contributed by atoms with van der Waals surface area (Å²) < 4.78 is 5.47. The molecule has 2 rings (SSSR count). The Kier molecular flexibility index (Phi) is 4.60. The molecule has 0 aliphatic carbocycles. The maximum Gasteiger partial charge on any atom is 0.262 e. The Labute approximate surface area is 118 Å². The Hall–Kier alpha value is -2.49. The largest absolute Gasteiger partial charge is 0.484 e. The number of anilines is 2. The van der Waals surface area contributed by atoms with Gasteiger partial charge < -0.3 is 15.8 Å². The minimum Gasteiger partial charge on any atom is -0.484 e. The smallest absolute Gasteiger partial charge is 0.262 e. The maximum absolute atomic E-state index is 11.8. The molecule has 0 aliphatic rings. The molecule has 0 saturated heterocycles. The molecule has 4 nitrogen and oxygen atoms in total. The minimum absolute atomic E-state index is 0.0402. The standard InChI is InChI=1S/C16H18N2O2/c1-2-12-6-5-7-13(10-12)20-11-16(19)18-15-9-4-3-8-14(15)17/h3-10H,2,11,17H2,1H3,(H,18,19). The molecule has 1 amide bonds. The van der Waals surface area contributed by atoms with Crippen LogP contribution in [0.15, 0.2) is 48.5 Å². The lowest BCUT2D eigenvalue weighted by molar-refractivity contribution is -0.118. The second kappa shape index (κ2) is 6.61. The molecule has 2 aromatic rings. The molecule has 0 spiro atoms. The quantitative estimate of drug-likeness (QED) is 0.821. The van der Waals surface area contributed by atoms with Gasteiger partial charge in [0.25, 0.3) is 5.91 Å². The Balaban J connectivity index is 1.90. The molecular weight excluding hydrogens is 252 g/mol. The van der Waals surface area contributed by atoms with E-state index in [1.165, 1.54) is 5.56 Å². The molecule has 0 heterocycles. The zero-order chi connectivity index (χ0) is 14.4. The van der Waals surface area contributed by atoms with E-state index in [2.05, 4.69) is 12.2 Å². The van der Waals surface area contributed by atoms with Crippen LogP contribution in [0.2, 0.25) is 0 Å². The molecule has 0 aromatic heterocycles. The van der Waals surface area contributed by atoms with Crippen LogP contribution in [0.3, 0.4) is 0 Å². The van der Waals surface area contributed by atoms with E-state index in [0.717, 1.165) is 6.42 Å². The molecule has 20 heavy (non-hydrogen) atoms. The SMILES string of the molecule is CCc1cccc(OCC(=O)Nc2ccccc2N)c1. The number of nitrogen functional groups attached to an aromatic ring is 1. The van der Waals surface area contributed by atoms with Crippen molar-refractivity contribution in [2.75, 3.05) is 17.7 Å². The zero-order valence-corrected chi connectivity index (χ0v) is 11.4. The van der Waals surface area contributed by atoms with Crippen LogP contribution in [-0.2, 0) is 11.2 Å². The van der Waals surface area contributed by atoms with Crippen molar-refractivity contribution in [1.82, 2.24) is 0 Å². The lowest BCUT2D eigenvalue weighted by atomic mass is 10.2. The molecule has 0 unspecified atom stereocenters. The number of amides is 1. The highest BCUT2D eigenvalue weighted by Crippen LogP contribution is 2.17. The summed E-state index contributed by atoms with van der Waals surface area (Å²) in [5, 5.41) is 2.72. The number of rotatable bonds is 5. The molecule has 0 aliphatic heterocycles. The van der Waals surface area contributed by atoms with Gasteiger partial charge in [0.1, 0.15) is 5.75 Å². The van der Waals surface area contributed by atoms with E-state index >= 15 is 0 Å². The van der Waals surface area contributed by atoms with Crippen LogP contribution in [0.1, 0.15) is 12.5 Å². The van der Waals surface area contributed by atoms with Crippen LogP contribution in [0.4, 0.5) is 11.4 Å². The van der Waals surface area contributed by atoms with Gasteiger partial charge in [-0.15, -0.1) is 0 Å². The molecule has 3 N–H and O–H groups in total. The van der Waals surface area contributed by atoms with E-state index in [4.69, 9.17) is 10.5 Å². The van der Waals surface area contributed by atoms with Crippen molar-refractivity contribution in [1.29, 1.82) is 0 Å². The number of aryl methyl sites for hydroxylation is 1. The van der Waals surface area contributed by atoms with Gasteiger partial charge in [0.2, 0.25) is 0 Å². The number of carbonyl (C=O) groups excluding carboxylic acids is 1. The summed E-state index contributed by atoms with van der Waals surface area (Å²) in [6, 6.07) is 14.8. The third kappa shape index (κ3) is 3.75. The summed E-state index contributed by atoms with van der Waals surface area (Å²) in [4.78, 5) is 11.8. The Morgan fingerprint density at radius 2 is 2.00 bits per heavy atom. The molecule has 0 atom stereocenters. The third-order valence-electron chi connectivity index (χ3n) is 2.91. The first-order valence-electron chi connectivity index (χ1n) is 6.55. The summed E-state index contributed by atoms with van der Waals surface area (Å²) in [7, 11) is 0. The van der Waals surface area contributed by atoms with Crippen LogP contribution in [-0.4, -0.2) is 12.5 Å². The topological polar surface area (TPSA) is 64.3 Å². The number of nitrogens with two attached hydrogens (primary N) is 1. The van der Waals surface area contributed by atoms with Crippen molar-refractivity contribution in [3.8, 4) is 5.75 Å². The van der Waals surface area contributed by atoms with Crippen molar-refractivity contribution in [3.63, 3.8) is 0 Å². The second-order valence-corrected chi connectivity index (χ2v) is 4.43. The van der Waals surface area contributed by atoms with Gasteiger partial charge in [-0.05, 0) is 36.2 Å². The number of hydrogen-bond donors (Lipinski definition) is 2. The first-order valence-corrected chi connectivity index (χ1v) is 6.55. The van der Waals surface area contributed by atoms with Crippen LogP contribution in [0.5, 0.6) is 5.75 Å². The monoisotopic (exact) mass is 270 g/mol. The first-order chi connectivity index (χ1) is 9.69. The predicted molar refractivity (Wildman–Crippen MR) is 80.8 cm³/mol. The van der Waals surface area contributed by atoms with Gasteiger partial charge in [0.15, 0.2) is 6.61 Å². The van der Waals surface area contributed by atoms with Gasteiger partial charge in [0.05, 0.1) is 11.4 Å². The van der Waals surface area contributed by atoms with Crippen LogP contribution >= 0.6 is 0 Å². The zero-order valence-electron chi connectivity index (χ0n) is 11.4. The van der Waals surface area contributed by atoms with Crippen LogP contribution in [0, 0.1) is 0 Å². The van der Waals surface area contributed by atoms with Gasteiger partial charge in [0, 0.05) is 0 Å². The van der Waals surface area contributed by atoms with Crippen molar-refractivity contribution in [3.05, 3.63) is 54.1 Å². The Morgan fingerprint density at radius 1 is 1.20 bits per heavy atom. The fourth-order valence-corrected chi connectivity index (χ4v) is 1.80. The Morgan fingerprint density at radius 3 is 2.75 bits per heavy atom. The predicted octanol–water partition coefficient (Wildman–Crippen LogP) is 2.85. The maximum atomic E-state index is 11.8. The number of para-hydroxylation sites is 2. The van der Waals surface area contributed by atoms with Crippen LogP contribution < -0.4 is 15.8 Å². The summed E-state index contributed by atoms with van der Waals surface area (Å²) >= 11 is 0. The number of hydrogen-bond acceptors (Lipinski definition) is 3. The summed E-state index contributed by atoms with van der Waals surface area (Å²) in [6.07, 6.45) is 0.934. The van der Waals surface area contributed by atoms with Gasteiger partial charge in [-0.2, -0.15) is 0 Å². The molecule has 0 fully saturated rings. The van der Waals surface area contributed by atoms with Gasteiger partial charge in [-0.1, -0.05) is 31.2 Å². The Bertz CT molecular complexity index is 597. The average molecular weight is 270 g/mol. The summed E-state index contributed by atoms with van der Waals surface area (Å²) in [6.45, 7) is 2.03. The minimum atomic E-state index is -0.232. The van der Waals surface area contributed by atoms with E-state index < -0.39 is 0 Å². The number of carbonyl (C=O) groups is 1. The van der Waals surface area contributed by atoms with E-state index in [1.54, 1.807) is 12.1 Å². The van der Waals surface area contributed by atoms with Crippen molar-refractivity contribution < 1.29 is 9.53 Å². The normalized spacial score (nSPS) is 10.1. The third-order valence-corrected chi connectivity index (χ3v) is 2.91. The fourth-order valence-electron chi connectivity index (χ4n) is 1.80. The molecule has 0 radical (unpaired) electrons. The van der Waals surface area contributed by atoms with Crippen molar-refractivity contribution in [2.45, 2.75) is 13.3 Å². The van der Waals surface area contributed by atoms with Gasteiger partial charge in [-0.3, -0.25) is 4.79 Å². The number of benzene rings is 2. The van der Waals surface area contributed by atoms with E-state index in [1.807, 2.05) is 36.4 Å². The van der Waals surface area contributed by atoms with Gasteiger partial charge >= 0.3 is 0 Å². The van der Waals surface area contributed by atoms with Crippen LogP contribution in [0.25, 0.3) is 0 Å². The number of ether oxygens (including phenoxy) is 1. The van der Waals surface area contributed by atoms with E-state index in [9.17, 15) is 4.79 Å². The molecular formula is C16H18N2O2. The highest BCUT2D eigenvalue weighted by molar-refractivity contribution is 5.94. The van der Waals surface area contributed by atoms with Crippen molar-refractivity contribution >= 4 is 17.3 Å². The molecule has 2 aromatic carbocycles. The molecule has 0 saturated carbocycles. The molecule has 0 bridgehead atoms. The second-order valence-electron chi connectivity index (χ2n) is 4.43. The average Bonchev–Trinajstić information content (AvgIpc) is 2.48. The highest BCUT2D eigenvalue weighted by Gasteiger charge is 2.05. The molecule has 4 heteroatoms. The van der Waals surface area contributed by atoms with Crippen molar-refractivity contribution in [2.24, 2.45) is 0 Å². The van der Waals surface area contributed by atoms with Gasteiger partial charge in [-0.25, -0.2) is 0 Å². The number of nitrogens with one attached hydrogen (secondary N) is 1. The first kappa shape index (κ1) is 13.9. The fraction of sp³-hybridized carbons (Fsp3) is 0.188. The lowest BCUT2D eigenvalue weighted by Gasteiger charge is -2.09. The lowest BCUT2D eigenvalue weighted by Crippen LogP contribution is -2.20. The molecule has 104 valence electrons. The van der Waals surface area contributed by atoms with E-state index in [-0.39, 0.29) is 12.5 Å². The summed E-state index contributed by atoms with van der Waals surface area (Å²) in [5.41, 5.74) is 8.07.